The van der Waals surface area contributed by atoms with Crippen molar-refractivity contribution in [1.29, 1.82) is 0 Å². The Bertz CT molecular complexity index is 1340. The van der Waals surface area contributed by atoms with Crippen LogP contribution in [0.3, 0.4) is 0 Å². The van der Waals surface area contributed by atoms with Gasteiger partial charge in [0, 0.05) is 22.2 Å². The molecule has 1 atom stereocenters. The standard InChI is InChI=1S/C26H21N3O4/c1-16(25(31)28-19-13-11-18(12-14-19)24(27)30)33-26(32)21-15-23(17-7-3-2-4-8-17)29-22-10-6-5-9-20(21)22/h2-16H,1H3,(H2,27,30)(H,28,31)/t16-/m0/s1. The molecule has 2 amide bonds. The normalized spacial score (nSPS) is 11.5. The lowest BCUT2D eigenvalue weighted by Gasteiger charge is -2.15. The zero-order valence-electron chi connectivity index (χ0n) is 17.8. The molecule has 0 unspecified atom stereocenters. The molecule has 0 radical (unpaired) electrons. The van der Waals surface area contributed by atoms with Crippen LogP contribution < -0.4 is 11.1 Å². The van der Waals surface area contributed by atoms with Crippen LogP contribution in [-0.2, 0) is 9.53 Å². The van der Waals surface area contributed by atoms with E-state index in [1.807, 2.05) is 48.5 Å². The van der Waals surface area contributed by atoms with E-state index in [1.165, 1.54) is 19.1 Å². The summed E-state index contributed by atoms with van der Waals surface area (Å²) < 4.78 is 5.48. The molecule has 0 saturated carbocycles. The highest BCUT2D eigenvalue weighted by Crippen LogP contribution is 2.25. The molecular formula is C26H21N3O4. The van der Waals surface area contributed by atoms with E-state index in [0.29, 0.717) is 33.4 Å². The predicted molar refractivity (Wildman–Crippen MR) is 126 cm³/mol. The number of pyridine rings is 1. The Kier molecular flexibility index (Phi) is 6.13. The Morgan fingerprint density at radius 3 is 2.27 bits per heavy atom. The van der Waals surface area contributed by atoms with Crippen molar-refractivity contribution in [3.63, 3.8) is 0 Å². The summed E-state index contributed by atoms with van der Waals surface area (Å²) in [4.78, 5) is 41.4. The number of carbonyl (C=O) groups is 3. The van der Waals surface area contributed by atoms with Crippen molar-refractivity contribution in [2.45, 2.75) is 13.0 Å². The van der Waals surface area contributed by atoms with Crippen LogP contribution in [0.4, 0.5) is 5.69 Å². The van der Waals surface area contributed by atoms with Gasteiger partial charge in [0.15, 0.2) is 6.10 Å². The molecule has 7 heteroatoms. The highest BCUT2D eigenvalue weighted by molar-refractivity contribution is 6.06. The third-order valence-electron chi connectivity index (χ3n) is 5.10. The van der Waals surface area contributed by atoms with Crippen LogP contribution in [-0.4, -0.2) is 28.9 Å². The maximum absolute atomic E-state index is 13.0. The Morgan fingerprint density at radius 1 is 0.909 bits per heavy atom. The summed E-state index contributed by atoms with van der Waals surface area (Å²) in [5, 5.41) is 3.29. The Morgan fingerprint density at radius 2 is 1.58 bits per heavy atom. The Hall–Kier alpha value is -4.52. The van der Waals surface area contributed by atoms with Gasteiger partial charge in [-0.2, -0.15) is 0 Å². The molecule has 4 aromatic rings. The van der Waals surface area contributed by atoms with Gasteiger partial charge in [-0.1, -0.05) is 48.5 Å². The van der Waals surface area contributed by atoms with Crippen molar-refractivity contribution in [3.05, 3.63) is 96.1 Å². The number of nitrogens with two attached hydrogens (primary N) is 1. The SMILES string of the molecule is C[C@H](OC(=O)c1cc(-c2ccccc2)nc2ccccc12)C(=O)Nc1ccc(C(N)=O)cc1. The number of aromatic nitrogens is 1. The van der Waals surface area contributed by atoms with Crippen LogP contribution >= 0.6 is 0 Å². The van der Waals surface area contributed by atoms with Crippen LogP contribution in [0.5, 0.6) is 0 Å². The molecule has 0 aliphatic heterocycles. The molecule has 0 aliphatic carbocycles. The van der Waals surface area contributed by atoms with Gasteiger partial charge in [0.25, 0.3) is 5.91 Å². The van der Waals surface area contributed by atoms with E-state index in [-0.39, 0.29) is 0 Å². The van der Waals surface area contributed by atoms with Crippen LogP contribution in [0.15, 0.2) is 84.9 Å². The monoisotopic (exact) mass is 439 g/mol. The van der Waals surface area contributed by atoms with E-state index in [4.69, 9.17) is 10.5 Å². The number of ether oxygens (including phenoxy) is 1. The molecule has 3 aromatic carbocycles. The summed E-state index contributed by atoms with van der Waals surface area (Å²) in [6.07, 6.45) is -1.06. The molecule has 0 fully saturated rings. The van der Waals surface area contributed by atoms with Crippen molar-refractivity contribution in [2.75, 3.05) is 5.32 Å². The number of rotatable bonds is 6. The molecule has 164 valence electrons. The van der Waals surface area contributed by atoms with E-state index < -0.39 is 23.9 Å². The number of esters is 1. The number of hydrogen-bond donors (Lipinski definition) is 2. The number of hydrogen-bond acceptors (Lipinski definition) is 5. The third kappa shape index (κ3) is 4.88. The molecule has 0 saturated heterocycles. The maximum atomic E-state index is 13.0. The van der Waals surface area contributed by atoms with Gasteiger partial charge in [0.2, 0.25) is 5.91 Å². The fraction of sp³-hybridized carbons (Fsp3) is 0.0769. The van der Waals surface area contributed by atoms with E-state index in [1.54, 1.807) is 24.3 Å². The van der Waals surface area contributed by atoms with Gasteiger partial charge >= 0.3 is 5.97 Å². The zero-order valence-corrected chi connectivity index (χ0v) is 17.8. The molecule has 0 spiro atoms. The highest BCUT2D eigenvalue weighted by Gasteiger charge is 2.22. The van der Waals surface area contributed by atoms with Gasteiger partial charge in [-0.25, -0.2) is 9.78 Å². The number of nitrogens with one attached hydrogen (secondary N) is 1. The zero-order chi connectivity index (χ0) is 23.4. The summed E-state index contributed by atoms with van der Waals surface area (Å²) >= 11 is 0. The van der Waals surface area contributed by atoms with Crippen LogP contribution in [0.1, 0.15) is 27.6 Å². The van der Waals surface area contributed by atoms with Crippen LogP contribution in [0.2, 0.25) is 0 Å². The van der Waals surface area contributed by atoms with E-state index >= 15 is 0 Å². The van der Waals surface area contributed by atoms with Crippen LogP contribution in [0.25, 0.3) is 22.2 Å². The smallest absolute Gasteiger partial charge is 0.339 e. The summed E-state index contributed by atoms with van der Waals surface area (Å²) in [6, 6.07) is 24.6. The van der Waals surface area contributed by atoms with E-state index in [2.05, 4.69) is 10.3 Å². The summed E-state index contributed by atoms with van der Waals surface area (Å²) in [5.74, 6) is -1.69. The molecule has 0 aliphatic rings. The molecule has 4 rings (SSSR count). The van der Waals surface area contributed by atoms with Gasteiger partial charge in [-0.15, -0.1) is 0 Å². The average molecular weight is 439 g/mol. The summed E-state index contributed by atoms with van der Waals surface area (Å²) in [5.41, 5.74) is 8.47. The second-order valence-electron chi connectivity index (χ2n) is 7.42. The Labute approximate surface area is 190 Å². The third-order valence-corrected chi connectivity index (χ3v) is 5.10. The fourth-order valence-electron chi connectivity index (χ4n) is 3.34. The average Bonchev–Trinajstić information content (AvgIpc) is 2.84. The molecule has 33 heavy (non-hydrogen) atoms. The molecule has 1 aromatic heterocycles. The number of carbonyl (C=O) groups excluding carboxylic acids is 3. The van der Waals surface area contributed by atoms with Gasteiger partial charge in [0.05, 0.1) is 16.8 Å². The molecule has 3 N–H and O–H groups in total. The lowest BCUT2D eigenvalue weighted by atomic mass is 10.0. The quantitative estimate of drug-likeness (QED) is 0.438. The van der Waals surface area contributed by atoms with Gasteiger partial charge in [-0.05, 0) is 43.3 Å². The molecule has 1 heterocycles. The number of fused-ring (bicyclic) bond motifs is 1. The van der Waals surface area contributed by atoms with Gasteiger partial charge in [0.1, 0.15) is 0 Å². The number of primary amides is 1. The highest BCUT2D eigenvalue weighted by atomic mass is 16.5. The first-order chi connectivity index (χ1) is 15.9. The first kappa shape index (κ1) is 21.7. The van der Waals surface area contributed by atoms with E-state index in [9.17, 15) is 14.4 Å². The number of anilines is 1. The first-order valence-electron chi connectivity index (χ1n) is 10.3. The lowest BCUT2D eigenvalue weighted by molar-refractivity contribution is -0.123. The van der Waals surface area contributed by atoms with Crippen molar-refractivity contribution >= 4 is 34.4 Å². The van der Waals surface area contributed by atoms with E-state index in [0.717, 1.165) is 5.56 Å². The molecule has 0 bridgehead atoms. The summed E-state index contributed by atoms with van der Waals surface area (Å²) in [7, 11) is 0. The number of para-hydroxylation sites is 1. The molecule has 7 nitrogen and oxygen atoms in total. The van der Waals surface area contributed by atoms with Crippen LogP contribution in [0, 0.1) is 0 Å². The summed E-state index contributed by atoms with van der Waals surface area (Å²) in [6.45, 7) is 1.49. The second kappa shape index (κ2) is 9.32. The molecular weight excluding hydrogens is 418 g/mol. The van der Waals surface area contributed by atoms with Crippen molar-refractivity contribution in [1.82, 2.24) is 4.98 Å². The van der Waals surface area contributed by atoms with Crippen molar-refractivity contribution in [3.8, 4) is 11.3 Å². The predicted octanol–water partition coefficient (Wildman–Crippen LogP) is 4.18. The van der Waals surface area contributed by atoms with Gasteiger partial charge < -0.3 is 15.8 Å². The Balaban J connectivity index is 1.55. The maximum Gasteiger partial charge on any atom is 0.339 e. The number of amides is 2. The largest absolute Gasteiger partial charge is 0.449 e. The number of nitrogens with zero attached hydrogens (tertiary/aromatic N) is 1. The van der Waals surface area contributed by atoms with Crippen molar-refractivity contribution < 1.29 is 19.1 Å². The van der Waals surface area contributed by atoms with Gasteiger partial charge in [-0.3, -0.25) is 9.59 Å². The second-order valence-corrected chi connectivity index (χ2v) is 7.42. The lowest BCUT2D eigenvalue weighted by Crippen LogP contribution is -2.30. The minimum absolute atomic E-state index is 0.324. The first-order valence-corrected chi connectivity index (χ1v) is 10.3. The fourth-order valence-corrected chi connectivity index (χ4v) is 3.34. The minimum Gasteiger partial charge on any atom is -0.449 e. The minimum atomic E-state index is -1.06. The topological polar surface area (TPSA) is 111 Å². The van der Waals surface area contributed by atoms with Crippen molar-refractivity contribution in [2.24, 2.45) is 5.73 Å². The number of benzene rings is 3.